The summed E-state index contributed by atoms with van der Waals surface area (Å²) in [7, 11) is 0. The Hall–Kier alpha value is -1.59. The van der Waals surface area contributed by atoms with Crippen molar-refractivity contribution in [2.45, 2.75) is 32.9 Å². The van der Waals surface area contributed by atoms with E-state index in [4.69, 9.17) is 4.74 Å². The molecule has 2 rings (SSSR count). The van der Waals surface area contributed by atoms with Gasteiger partial charge in [-0.25, -0.2) is 0 Å². The highest BCUT2D eigenvalue weighted by atomic mass is 16.5. The summed E-state index contributed by atoms with van der Waals surface area (Å²) in [5, 5.41) is 9.23. The van der Waals surface area contributed by atoms with Crippen LogP contribution in [0.4, 0.5) is 0 Å². The average molecular weight is 306 g/mol. The quantitative estimate of drug-likeness (QED) is 0.836. The van der Waals surface area contributed by atoms with Gasteiger partial charge in [0.1, 0.15) is 11.8 Å². The summed E-state index contributed by atoms with van der Waals surface area (Å²) >= 11 is 0. The summed E-state index contributed by atoms with van der Waals surface area (Å²) in [5.74, 6) is 0.200. The summed E-state index contributed by atoms with van der Waals surface area (Å²) in [5.41, 5.74) is 1.27. The van der Waals surface area contributed by atoms with Crippen LogP contribution in [0.25, 0.3) is 0 Å². The zero-order chi connectivity index (χ0) is 15.9. The molecule has 1 fully saturated rings. The Balaban J connectivity index is 1.83. The zero-order valence-corrected chi connectivity index (χ0v) is 13.5. The van der Waals surface area contributed by atoms with Crippen LogP contribution in [0.2, 0.25) is 0 Å². The molecule has 0 bridgehead atoms. The number of aliphatic carboxylic acids is 1. The second-order valence-electron chi connectivity index (χ2n) is 5.65. The first-order valence-corrected chi connectivity index (χ1v) is 8.05. The van der Waals surface area contributed by atoms with E-state index in [0.29, 0.717) is 13.0 Å². The van der Waals surface area contributed by atoms with Crippen molar-refractivity contribution in [1.29, 1.82) is 0 Å². The van der Waals surface area contributed by atoms with Gasteiger partial charge in [-0.05, 0) is 31.0 Å². The molecule has 0 spiro atoms. The molecule has 22 heavy (non-hydrogen) atoms. The van der Waals surface area contributed by atoms with Gasteiger partial charge < -0.3 is 9.84 Å². The van der Waals surface area contributed by atoms with Crippen LogP contribution in [0, 0.1) is 0 Å². The summed E-state index contributed by atoms with van der Waals surface area (Å²) in [6.07, 6.45) is 0.661. The van der Waals surface area contributed by atoms with Crippen LogP contribution >= 0.6 is 0 Å². The van der Waals surface area contributed by atoms with Crippen LogP contribution in [0.15, 0.2) is 24.3 Å². The first kappa shape index (κ1) is 16.8. The van der Waals surface area contributed by atoms with Crippen LogP contribution in [-0.2, 0) is 11.3 Å². The molecule has 122 valence electrons. The van der Waals surface area contributed by atoms with E-state index >= 15 is 0 Å². The van der Waals surface area contributed by atoms with Crippen molar-refractivity contribution in [3.63, 3.8) is 0 Å². The average Bonchev–Trinajstić information content (AvgIpc) is 2.51. The summed E-state index contributed by atoms with van der Waals surface area (Å²) in [6, 6.07) is 7.87. The third-order valence-corrected chi connectivity index (χ3v) is 4.16. The first-order chi connectivity index (χ1) is 10.6. The number of benzene rings is 1. The molecule has 1 N–H and O–H groups in total. The zero-order valence-electron chi connectivity index (χ0n) is 13.5. The lowest BCUT2D eigenvalue weighted by Gasteiger charge is -2.37. The topological polar surface area (TPSA) is 53.0 Å². The van der Waals surface area contributed by atoms with E-state index in [-0.39, 0.29) is 6.04 Å². The number of nitrogens with zero attached hydrogens (tertiary/aromatic N) is 2. The van der Waals surface area contributed by atoms with Gasteiger partial charge in [0.15, 0.2) is 0 Å². The Morgan fingerprint density at radius 1 is 1.18 bits per heavy atom. The SMILES string of the molecule is CCOc1ccc(CN2CCN(C(CC)C(=O)O)CC2)cc1. The van der Waals surface area contributed by atoms with E-state index in [9.17, 15) is 9.90 Å². The van der Waals surface area contributed by atoms with Crippen molar-refractivity contribution >= 4 is 5.97 Å². The first-order valence-electron chi connectivity index (χ1n) is 8.05. The monoisotopic (exact) mass is 306 g/mol. The molecule has 5 nitrogen and oxygen atoms in total. The van der Waals surface area contributed by atoms with Gasteiger partial charge in [-0.2, -0.15) is 0 Å². The lowest BCUT2D eigenvalue weighted by molar-refractivity contribution is -0.144. The molecule has 0 amide bonds. The van der Waals surface area contributed by atoms with E-state index in [1.54, 1.807) is 0 Å². The molecular formula is C17H26N2O3. The number of carbonyl (C=O) groups is 1. The maximum absolute atomic E-state index is 11.2. The molecule has 0 saturated carbocycles. The molecule has 1 heterocycles. The predicted molar refractivity (Wildman–Crippen MR) is 86.2 cm³/mol. The van der Waals surface area contributed by atoms with Crippen LogP contribution in [0.5, 0.6) is 5.75 Å². The third kappa shape index (κ3) is 4.45. The van der Waals surface area contributed by atoms with E-state index < -0.39 is 5.97 Å². The molecular weight excluding hydrogens is 280 g/mol. The lowest BCUT2D eigenvalue weighted by Crippen LogP contribution is -2.52. The number of hydrogen-bond donors (Lipinski definition) is 1. The minimum atomic E-state index is -0.706. The summed E-state index contributed by atoms with van der Waals surface area (Å²) < 4.78 is 5.45. The molecule has 0 radical (unpaired) electrons. The van der Waals surface area contributed by atoms with Crippen molar-refractivity contribution in [1.82, 2.24) is 9.80 Å². The Labute approximate surface area is 132 Å². The van der Waals surface area contributed by atoms with Gasteiger partial charge in [0.25, 0.3) is 0 Å². The van der Waals surface area contributed by atoms with Crippen LogP contribution in [-0.4, -0.2) is 59.7 Å². The number of carboxylic acids is 1. The minimum absolute atomic E-state index is 0.340. The number of hydrogen-bond acceptors (Lipinski definition) is 4. The fourth-order valence-corrected chi connectivity index (χ4v) is 2.94. The van der Waals surface area contributed by atoms with E-state index in [0.717, 1.165) is 38.5 Å². The maximum Gasteiger partial charge on any atom is 0.320 e. The van der Waals surface area contributed by atoms with Gasteiger partial charge in [-0.1, -0.05) is 19.1 Å². The van der Waals surface area contributed by atoms with E-state index in [2.05, 4.69) is 21.9 Å². The van der Waals surface area contributed by atoms with Crippen molar-refractivity contribution in [3.8, 4) is 5.75 Å². The Bertz CT molecular complexity index is 467. The standard InChI is InChI=1S/C17H26N2O3/c1-3-16(17(20)21)19-11-9-18(10-12-19)13-14-5-7-15(8-6-14)22-4-2/h5-8,16H,3-4,9-13H2,1-2H3,(H,20,21). The highest BCUT2D eigenvalue weighted by Gasteiger charge is 2.27. The normalized spacial score (nSPS) is 18.1. The summed E-state index contributed by atoms with van der Waals surface area (Å²) in [6.45, 7) is 8.98. The van der Waals surface area contributed by atoms with Gasteiger partial charge >= 0.3 is 5.97 Å². The van der Waals surface area contributed by atoms with E-state index in [1.807, 2.05) is 26.0 Å². The Morgan fingerprint density at radius 3 is 2.32 bits per heavy atom. The highest BCUT2D eigenvalue weighted by molar-refractivity contribution is 5.73. The molecule has 1 aromatic carbocycles. The van der Waals surface area contributed by atoms with E-state index in [1.165, 1.54) is 5.56 Å². The largest absolute Gasteiger partial charge is 0.494 e. The predicted octanol–water partition coefficient (Wildman–Crippen LogP) is 2.07. The van der Waals surface area contributed by atoms with Crippen LogP contribution < -0.4 is 4.74 Å². The van der Waals surface area contributed by atoms with Gasteiger partial charge in [0, 0.05) is 32.7 Å². The van der Waals surface area contributed by atoms with Gasteiger partial charge in [0.2, 0.25) is 0 Å². The fourth-order valence-electron chi connectivity index (χ4n) is 2.94. The molecule has 1 aliphatic heterocycles. The molecule has 1 aromatic rings. The molecule has 0 aliphatic carbocycles. The molecule has 1 saturated heterocycles. The Morgan fingerprint density at radius 2 is 1.82 bits per heavy atom. The van der Waals surface area contributed by atoms with Crippen molar-refractivity contribution in [3.05, 3.63) is 29.8 Å². The van der Waals surface area contributed by atoms with Crippen LogP contribution in [0.1, 0.15) is 25.8 Å². The van der Waals surface area contributed by atoms with Gasteiger partial charge in [0.05, 0.1) is 6.61 Å². The molecule has 1 atom stereocenters. The number of piperazine rings is 1. The molecule has 0 aromatic heterocycles. The van der Waals surface area contributed by atoms with Crippen molar-refractivity contribution in [2.75, 3.05) is 32.8 Å². The lowest BCUT2D eigenvalue weighted by atomic mass is 10.1. The van der Waals surface area contributed by atoms with Gasteiger partial charge in [-0.3, -0.25) is 14.6 Å². The third-order valence-electron chi connectivity index (χ3n) is 4.16. The summed E-state index contributed by atoms with van der Waals surface area (Å²) in [4.78, 5) is 15.7. The number of rotatable bonds is 7. The molecule has 1 unspecified atom stereocenters. The van der Waals surface area contributed by atoms with Crippen molar-refractivity contribution in [2.24, 2.45) is 0 Å². The number of carboxylic acid groups (broad SMARTS) is 1. The second-order valence-corrected chi connectivity index (χ2v) is 5.65. The van der Waals surface area contributed by atoms with Crippen molar-refractivity contribution < 1.29 is 14.6 Å². The minimum Gasteiger partial charge on any atom is -0.494 e. The highest BCUT2D eigenvalue weighted by Crippen LogP contribution is 2.16. The maximum atomic E-state index is 11.2. The smallest absolute Gasteiger partial charge is 0.320 e. The Kier molecular flexibility index (Phi) is 6.21. The molecule has 1 aliphatic rings. The number of ether oxygens (including phenoxy) is 1. The van der Waals surface area contributed by atoms with Gasteiger partial charge in [-0.15, -0.1) is 0 Å². The second kappa shape index (κ2) is 8.15. The van der Waals surface area contributed by atoms with Crippen LogP contribution in [0.3, 0.4) is 0 Å². The fraction of sp³-hybridized carbons (Fsp3) is 0.588. The molecule has 5 heteroatoms.